The molecule has 3 rings (SSSR count). The van der Waals surface area contributed by atoms with E-state index in [1.54, 1.807) is 13.2 Å². The van der Waals surface area contributed by atoms with Crippen molar-refractivity contribution in [1.29, 1.82) is 0 Å². The molecule has 0 aromatic carbocycles. The average Bonchev–Trinajstić information content (AvgIpc) is 2.66. The summed E-state index contributed by atoms with van der Waals surface area (Å²) in [4.78, 5) is 15.9. The maximum absolute atomic E-state index is 12.9. The highest BCUT2D eigenvalue weighted by atomic mass is 19.4. The monoisotopic (exact) mass is 365 g/mol. The molecule has 2 aromatic heterocycles. The van der Waals surface area contributed by atoms with E-state index in [4.69, 9.17) is 0 Å². The molecule has 1 aliphatic rings. The number of anilines is 1. The fourth-order valence-corrected chi connectivity index (χ4v) is 3.25. The molecular weight excluding hydrogens is 343 g/mol. The first-order valence-corrected chi connectivity index (χ1v) is 8.68. The Hall–Kier alpha value is -2.22. The van der Waals surface area contributed by atoms with Crippen LogP contribution in [0, 0.1) is 0 Å². The van der Waals surface area contributed by atoms with E-state index >= 15 is 0 Å². The number of aromatic nitrogens is 3. The van der Waals surface area contributed by atoms with Crippen molar-refractivity contribution in [3.63, 3.8) is 0 Å². The zero-order chi connectivity index (χ0) is 18.6. The van der Waals surface area contributed by atoms with E-state index in [1.165, 1.54) is 0 Å². The molecule has 26 heavy (non-hydrogen) atoms. The minimum Gasteiger partial charge on any atom is -0.355 e. The Balaban J connectivity index is 1.62. The van der Waals surface area contributed by atoms with E-state index < -0.39 is 11.9 Å². The molecule has 8 heteroatoms. The van der Waals surface area contributed by atoms with E-state index in [0.717, 1.165) is 57.0 Å². The number of alkyl halides is 3. The molecule has 0 aliphatic carbocycles. The predicted molar refractivity (Wildman–Crippen MR) is 92.8 cm³/mol. The van der Waals surface area contributed by atoms with Crippen molar-refractivity contribution < 1.29 is 13.2 Å². The Morgan fingerprint density at radius 2 is 2.08 bits per heavy atom. The minimum absolute atomic E-state index is 0.128. The Bertz CT molecular complexity index is 707. The number of likely N-dealkylation sites (N-methyl/N-ethyl adjacent to an activating group) is 1. The Kier molecular flexibility index (Phi) is 5.70. The third kappa shape index (κ3) is 4.69. The quantitative estimate of drug-likeness (QED) is 0.815. The second-order valence-electron chi connectivity index (χ2n) is 6.54. The summed E-state index contributed by atoms with van der Waals surface area (Å²) in [6.07, 6.45) is 1.12. The third-order valence-corrected chi connectivity index (χ3v) is 4.74. The Morgan fingerprint density at radius 3 is 2.81 bits per heavy atom. The second kappa shape index (κ2) is 7.99. The summed E-state index contributed by atoms with van der Waals surface area (Å²) < 4.78 is 38.6. The van der Waals surface area contributed by atoms with Gasteiger partial charge in [-0.1, -0.05) is 6.07 Å². The van der Waals surface area contributed by atoms with Crippen LogP contribution < -0.4 is 4.90 Å². The lowest BCUT2D eigenvalue weighted by Gasteiger charge is -2.38. The smallest absolute Gasteiger partial charge is 0.355 e. The van der Waals surface area contributed by atoms with Crippen molar-refractivity contribution in [2.24, 2.45) is 0 Å². The molecule has 0 radical (unpaired) electrons. The third-order valence-electron chi connectivity index (χ3n) is 4.74. The fourth-order valence-electron chi connectivity index (χ4n) is 3.25. The van der Waals surface area contributed by atoms with E-state index in [9.17, 15) is 13.2 Å². The summed E-state index contributed by atoms with van der Waals surface area (Å²) >= 11 is 0. The number of piperidine rings is 1. The van der Waals surface area contributed by atoms with Gasteiger partial charge in [0, 0.05) is 50.6 Å². The molecule has 5 nitrogen and oxygen atoms in total. The highest BCUT2D eigenvalue weighted by molar-refractivity contribution is 5.40. The van der Waals surface area contributed by atoms with Gasteiger partial charge in [-0.05, 0) is 31.5 Å². The molecule has 0 saturated carbocycles. The zero-order valence-electron chi connectivity index (χ0n) is 14.7. The van der Waals surface area contributed by atoms with Crippen molar-refractivity contribution in [1.82, 2.24) is 19.9 Å². The number of hydrogen-bond acceptors (Lipinski definition) is 5. The first kappa shape index (κ1) is 18.6. The van der Waals surface area contributed by atoms with Crippen molar-refractivity contribution in [2.45, 2.75) is 31.5 Å². The number of hydrogen-bond donors (Lipinski definition) is 0. The van der Waals surface area contributed by atoms with Gasteiger partial charge in [-0.2, -0.15) is 13.2 Å². The average molecular weight is 365 g/mol. The summed E-state index contributed by atoms with van der Waals surface area (Å²) in [5.74, 6) is 0.309. The van der Waals surface area contributed by atoms with Gasteiger partial charge in [0.1, 0.15) is 17.8 Å². The van der Waals surface area contributed by atoms with Gasteiger partial charge in [0.2, 0.25) is 0 Å². The van der Waals surface area contributed by atoms with E-state index in [-0.39, 0.29) is 6.04 Å². The van der Waals surface area contributed by atoms with Crippen LogP contribution in [-0.4, -0.2) is 52.6 Å². The molecule has 0 spiro atoms. The van der Waals surface area contributed by atoms with Crippen LogP contribution >= 0.6 is 0 Å². The van der Waals surface area contributed by atoms with Crippen LogP contribution in [0.2, 0.25) is 0 Å². The maximum atomic E-state index is 12.9. The van der Waals surface area contributed by atoms with E-state index in [2.05, 4.69) is 19.9 Å². The molecule has 1 saturated heterocycles. The van der Waals surface area contributed by atoms with E-state index in [1.807, 2.05) is 23.1 Å². The summed E-state index contributed by atoms with van der Waals surface area (Å²) in [7, 11) is 1.80. The molecule has 2 aromatic rings. The number of halogens is 3. The summed E-state index contributed by atoms with van der Waals surface area (Å²) in [6.45, 7) is 2.68. The van der Waals surface area contributed by atoms with Gasteiger partial charge in [0.25, 0.3) is 0 Å². The van der Waals surface area contributed by atoms with Crippen LogP contribution in [0.5, 0.6) is 0 Å². The Labute approximate surface area is 150 Å². The number of nitrogens with zero attached hydrogens (tertiary/aromatic N) is 5. The van der Waals surface area contributed by atoms with Crippen LogP contribution in [0.25, 0.3) is 0 Å². The summed E-state index contributed by atoms with van der Waals surface area (Å²) in [5.41, 5.74) is 0.144. The molecule has 0 N–H and O–H groups in total. The van der Waals surface area contributed by atoms with E-state index in [0.29, 0.717) is 5.82 Å². The molecular formula is C18H22F3N5. The highest BCUT2D eigenvalue weighted by Crippen LogP contribution is 2.29. The molecule has 140 valence electrons. The van der Waals surface area contributed by atoms with Gasteiger partial charge in [-0.3, -0.25) is 4.98 Å². The maximum Gasteiger partial charge on any atom is 0.433 e. The molecule has 0 bridgehead atoms. The zero-order valence-corrected chi connectivity index (χ0v) is 14.7. The number of rotatable bonds is 5. The minimum atomic E-state index is -4.46. The first-order valence-electron chi connectivity index (χ1n) is 8.68. The highest BCUT2D eigenvalue weighted by Gasteiger charge is 2.33. The van der Waals surface area contributed by atoms with Crippen molar-refractivity contribution in [2.75, 3.05) is 31.6 Å². The molecule has 0 amide bonds. The van der Waals surface area contributed by atoms with Crippen LogP contribution in [0.15, 0.2) is 36.8 Å². The lowest BCUT2D eigenvalue weighted by molar-refractivity contribution is -0.141. The van der Waals surface area contributed by atoms with Crippen LogP contribution in [-0.2, 0) is 12.6 Å². The summed E-state index contributed by atoms with van der Waals surface area (Å²) in [6, 6.07) is 7.03. The van der Waals surface area contributed by atoms with Gasteiger partial charge in [-0.25, -0.2) is 9.97 Å². The largest absolute Gasteiger partial charge is 0.433 e. The van der Waals surface area contributed by atoms with Crippen LogP contribution in [0.1, 0.15) is 24.2 Å². The first-order chi connectivity index (χ1) is 12.4. The van der Waals surface area contributed by atoms with Gasteiger partial charge in [0.15, 0.2) is 0 Å². The Morgan fingerprint density at radius 1 is 1.23 bits per heavy atom. The second-order valence-corrected chi connectivity index (χ2v) is 6.54. The van der Waals surface area contributed by atoms with Crippen LogP contribution in [0.4, 0.5) is 19.0 Å². The SMILES string of the molecule is CN(c1cc(C(F)(F)F)ncn1)C1CCCN(CCc2ccccn2)C1. The van der Waals surface area contributed by atoms with Gasteiger partial charge < -0.3 is 9.80 Å². The van der Waals surface area contributed by atoms with Gasteiger partial charge in [-0.15, -0.1) is 0 Å². The molecule has 1 fully saturated rings. The number of likely N-dealkylation sites (tertiary alicyclic amines) is 1. The normalized spacial score (nSPS) is 18.7. The van der Waals surface area contributed by atoms with Gasteiger partial charge >= 0.3 is 6.18 Å². The van der Waals surface area contributed by atoms with Crippen LogP contribution in [0.3, 0.4) is 0 Å². The molecule has 3 heterocycles. The van der Waals surface area contributed by atoms with Gasteiger partial charge in [0.05, 0.1) is 0 Å². The standard InChI is InChI=1S/C18H22F3N5/c1-25(17-11-16(18(19,20)21)23-13-24-17)15-6-4-9-26(12-15)10-7-14-5-2-3-8-22-14/h2-3,5,8,11,13,15H,4,6-7,9-10,12H2,1H3. The van der Waals surface area contributed by atoms with Crippen molar-refractivity contribution in [3.8, 4) is 0 Å². The van der Waals surface area contributed by atoms with Crippen molar-refractivity contribution >= 4 is 5.82 Å². The predicted octanol–water partition coefficient (Wildman–Crippen LogP) is 3.03. The molecule has 1 atom stereocenters. The molecule has 1 unspecified atom stereocenters. The topological polar surface area (TPSA) is 45.2 Å². The van der Waals surface area contributed by atoms with Crippen molar-refractivity contribution in [3.05, 3.63) is 48.2 Å². The lowest BCUT2D eigenvalue weighted by Crippen LogP contribution is -2.47. The lowest BCUT2D eigenvalue weighted by atomic mass is 10.0. The fraction of sp³-hybridized carbons (Fsp3) is 0.500. The summed E-state index contributed by atoms with van der Waals surface area (Å²) in [5, 5.41) is 0. The number of pyridine rings is 1. The molecule has 1 aliphatic heterocycles.